The fourth-order valence-electron chi connectivity index (χ4n) is 2.67. The highest BCUT2D eigenvalue weighted by molar-refractivity contribution is 7.14. The lowest BCUT2D eigenvalue weighted by Crippen LogP contribution is -2.11. The number of aromatic nitrogens is 1. The van der Waals surface area contributed by atoms with Crippen molar-refractivity contribution in [2.45, 2.75) is 12.7 Å². The van der Waals surface area contributed by atoms with Gasteiger partial charge in [0.1, 0.15) is 0 Å². The van der Waals surface area contributed by atoms with Crippen LogP contribution in [-0.2, 0) is 12.7 Å². The number of thiazole rings is 1. The molecule has 0 bridgehead atoms. The molecule has 26 heavy (non-hydrogen) atoms. The molecule has 8 heteroatoms. The van der Waals surface area contributed by atoms with Crippen LogP contribution >= 0.6 is 11.3 Å². The second-order valence-electron chi connectivity index (χ2n) is 5.61. The molecule has 0 saturated heterocycles. The van der Waals surface area contributed by atoms with E-state index in [0.29, 0.717) is 16.6 Å². The molecule has 0 aliphatic carbocycles. The van der Waals surface area contributed by atoms with Gasteiger partial charge in [0, 0.05) is 17.5 Å². The molecular weight excluding hydrogens is 365 g/mol. The molecule has 2 heterocycles. The van der Waals surface area contributed by atoms with E-state index in [2.05, 4.69) is 10.3 Å². The molecule has 1 aromatic heterocycles. The van der Waals surface area contributed by atoms with Crippen molar-refractivity contribution >= 4 is 16.5 Å². The summed E-state index contributed by atoms with van der Waals surface area (Å²) in [5.41, 5.74) is 1.12. The Labute approximate surface area is 151 Å². The summed E-state index contributed by atoms with van der Waals surface area (Å²) in [6.07, 6.45) is -4.38. The average molecular weight is 378 g/mol. The molecule has 1 aliphatic rings. The minimum atomic E-state index is -4.38. The number of nitrogens with one attached hydrogen (secondary N) is 1. The molecule has 0 amide bonds. The number of halogens is 3. The largest absolute Gasteiger partial charge is 0.454 e. The number of ether oxygens (including phenoxy) is 2. The van der Waals surface area contributed by atoms with Crippen LogP contribution in [0.3, 0.4) is 0 Å². The van der Waals surface area contributed by atoms with Crippen molar-refractivity contribution in [3.8, 4) is 22.8 Å². The summed E-state index contributed by atoms with van der Waals surface area (Å²) in [6, 6.07) is 11.0. The third-order valence-electron chi connectivity index (χ3n) is 3.93. The van der Waals surface area contributed by atoms with Crippen molar-refractivity contribution in [1.29, 1.82) is 0 Å². The standard InChI is InChI=1S/C18H13F3N2O2S/c19-18(20,21)13-4-2-1-3-12(13)8-22-17-23-14(9-26-17)11-5-6-15-16(7-11)25-10-24-15/h1-7,9H,8,10H2,(H,22,23). The number of nitrogens with zero attached hydrogens (tertiary/aromatic N) is 1. The van der Waals surface area contributed by atoms with E-state index in [9.17, 15) is 13.2 Å². The minimum absolute atomic E-state index is 0.0454. The Hall–Kier alpha value is -2.74. The minimum Gasteiger partial charge on any atom is -0.454 e. The van der Waals surface area contributed by atoms with E-state index < -0.39 is 11.7 Å². The Kier molecular flexibility index (Phi) is 4.20. The Morgan fingerprint density at radius 2 is 1.88 bits per heavy atom. The van der Waals surface area contributed by atoms with Crippen LogP contribution in [0, 0.1) is 0 Å². The highest BCUT2D eigenvalue weighted by Gasteiger charge is 2.32. The number of benzene rings is 2. The lowest BCUT2D eigenvalue weighted by molar-refractivity contribution is -0.138. The molecular formula is C18H13F3N2O2S. The zero-order chi connectivity index (χ0) is 18.1. The summed E-state index contributed by atoms with van der Waals surface area (Å²) in [6.45, 7) is 0.241. The topological polar surface area (TPSA) is 43.4 Å². The van der Waals surface area contributed by atoms with E-state index in [-0.39, 0.29) is 18.9 Å². The first-order chi connectivity index (χ1) is 12.5. The summed E-state index contributed by atoms with van der Waals surface area (Å²) >= 11 is 1.33. The Balaban J connectivity index is 1.50. The molecule has 0 unspecified atom stereocenters. The summed E-state index contributed by atoms with van der Waals surface area (Å²) in [4.78, 5) is 4.44. The van der Waals surface area contributed by atoms with E-state index in [1.165, 1.54) is 23.5 Å². The molecule has 0 fully saturated rings. The van der Waals surface area contributed by atoms with Gasteiger partial charge in [0.05, 0.1) is 11.3 Å². The van der Waals surface area contributed by atoms with E-state index in [4.69, 9.17) is 9.47 Å². The van der Waals surface area contributed by atoms with Gasteiger partial charge in [-0.15, -0.1) is 11.3 Å². The first-order valence-corrected chi connectivity index (χ1v) is 8.63. The number of hydrogen-bond acceptors (Lipinski definition) is 5. The van der Waals surface area contributed by atoms with Crippen molar-refractivity contribution in [3.05, 3.63) is 59.0 Å². The summed E-state index contributed by atoms with van der Waals surface area (Å²) < 4.78 is 49.8. The van der Waals surface area contributed by atoms with E-state index >= 15 is 0 Å². The third kappa shape index (κ3) is 3.32. The van der Waals surface area contributed by atoms with Crippen LogP contribution in [0.1, 0.15) is 11.1 Å². The predicted molar refractivity (Wildman–Crippen MR) is 92.4 cm³/mol. The van der Waals surface area contributed by atoms with Crippen molar-refractivity contribution in [2.24, 2.45) is 0 Å². The van der Waals surface area contributed by atoms with Gasteiger partial charge in [0.2, 0.25) is 6.79 Å². The Morgan fingerprint density at radius 3 is 2.73 bits per heavy atom. The van der Waals surface area contributed by atoms with Gasteiger partial charge in [-0.3, -0.25) is 0 Å². The van der Waals surface area contributed by atoms with Gasteiger partial charge in [-0.25, -0.2) is 4.98 Å². The molecule has 0 spiro atoms. The molecule has 4 rings (SSSR count). The smallest absolute Gasteiger partial charge is 0.416 e. The van der Waals surface area contributed by atoms with Gasteiger partial charge >= 0.3 is 6.18 Å². The van der Waals surface area contributed by atoms with E-state index in [1.54, 1.807) is 6.07 Å². The zero-order valence-corrected chi connectivity index (χ0v) is 14.2. The monoisotopic (exact) mass is 378 g/mol. The fourth-order valence-corrected chi connectivity index (χ4v) is 3.38. The van der Waals surface area contributed by atoms with Crippen molar-refractivity contribution in [3.63, 3.8) is 0 Å². The third-order valence-corrected chi connectivity index (χ3v) is 4.73. The van der Waals surface area contributed by atoms with Crippen molar-refractivity contribution < 1.29 is 22.6 Å². The van der Waals surface area contributed by atoms with Gasteiger partial charge in [-0.2, -0.15) is 13.2 Å². The number of fused-ring (bicyclic) bond motifs is 1. The SMILES string of the molecule is FC(F)(F)c1ccccc1CNc1nc(-c2ccc3c(c2)OCO3)cs1. The first-order valence-electron chi connectivity index (χ1n) is 7.75. The molecule has 0 radical (unpaired) electrons. The molecule has 1 aliphatic heterocycles. The van der Waals surface area contributed by atoms with Crippen LogP contribution in [-0.4, -0.2) is 11.8 Å². The molecule has 4 nitrogen and oxygen atoms in total. The lowest BCUT2D eigenvalue weighted by Gasteiger charge is -2.12. The van der Waals surface area contributed by atoms with Gasteiger partial charge < -0.3 is 14.8 Å². The fraction of sp³-hybridized carbons (Fsp3) is 0.167. The summed E-state index contributed by atoms with van der Waals surface area (Å²) in [7, 11) is 0. The van der Waals surface area contributed by atoms with Crippen LogP contribution in [0.15, 0.2) is 47.8 Å². The second-order valence-corrected chi connectivity index (χ2v) is 6.47. The number of rotatable bonds is 4. The molecule has 0 saturated carbocycles. The molecule has 134 valence electrons. The van der Waals surface area contributed by atoms with Crippen molar-refractivity contribution in [1.82, 2.24) is 4.98 Å². The highest BCUT2D eigenvalue weighted by atomic mass is 32.1. The molecule has 1 N–H and O–H groups in total. The Morgan fingerprint density at radius 1 is 1.08 bits per heavy atom. The van der Waals surface area contributed by atoms with E-state index in [1.807, 2.05) is 23.6 Å². The van der Waals surface area contributed by atoms with Gasteiger partial charge in [-0.05, 0) is 29.8 Å². The van der Waals surface area contributed by atoms with Gasteiger partial charge in [-0.1, -0.05) is 18.2 Å². The normalized spacial score (nSPS) is 13.0. The molecule has 3 aromatic rings. The van der Waals surface area contributed by atoms with Gasteiger partial charge in [0.25, 0.3) is 0 Å². The van der Waals surface area contributed by atoms with Crippen LogP contribution in [0.2, 0.25) is 0 Å². The molecule has 2 aromatic carbocycles. The summed E-state index contributed by atoms with van der Waals surface area (Å²) in [5, 5.41) is 5.36. The van der Waals surface area contributed by atoms with Crippen LogP contribution < -0.4 is 14.8 Å². The van der Waals surface area contributed by atoms with Crippen molar-refractivity contribution in [2.75, 3.05) is 12.1 Å². The van der Waals surface area contributed by atoms with Gasteiger partial charge in [0.15, 0.2) is 16.6 Å². The zero-order valence-electron chi connectivity index (χ0n) is 13.3. The maximum atomic E-state index is 13.0. The first kappa shape index (κ1) is 16.7. The summed E-state index contributed by atoms with van der Waals surface area (Å²) in [5.74, 6) is 1.34. The second kappa shape index (κ2) is 6.53. The van der Waals surface area contributed by atoms with E-state index in [0.717, 1.165) is 17.3 Å². The lowest BCUT2D eigenvalue weighted by atomic mass is 10.1. The predicted octanol–water partition coefficient (Wildman–Crippen LogP) is 5.17. The van der Waals surface area contributed by atoms with Crippen LogP contribution in [0.5, 0.6) is 11.5 Å². The van der Waals surface area contributed by atoms with Crippen LogP contribution in [0.4, 0.5) is 18.3 Å². The van der Waals surface area contributed by atoms with Crippen LogP contribution in [0.25, 0.3) is 11.3 Å². The maximum Gasteiger partial charge on any atom is 0.416 e. The average Bonchev–Trinajstić information content (AvgIpc) is 3.28. The highest BCUT2D eigenvalue weighted by Crippen LogP contribution is 2.37. The number of anilines is 1. The quantitative estimate of drug-likeness (QED) is 0.680. The Bertz CT molecular complexity index is 940. The number of hydrogen-bond donors (Lipinski definition) is 1. The number of alkyl halides is 3. The maximum absolute atomic E-state index is 13.0. The molecule has 0 atom stereocenters.